The van der Waals surface area contributed by atoms with Gasteiger partial charge in [0.25, 0.3) is 0 Å². The van der Waals surface area contributed by atoms with Gasteiger partial charge < -0.3 is 0 Å². The van der Waals surface area contributed by atoms with E-state index in [1.165, 1.54) is 83.5 Å². The first kappa shape index (κ1) is 22.3. The first-order valence-electron chi connectivity index (χ1n) is 13.1. The van der Waals surface area contributed by atoms with Crippen LogP contribution in [0, 0.1) is 40.4 Å². The number of fused-ring (bicyclic) bond motifs is 5. The van der Waals surface area contributed by atoms with Crippen molar-refractivity contribution in [1.29, 1.82) is 0 Å². The van der Waals surface area contributed by atoms with Gasteiger partial charge in [-0.2, -0.15) is 0 Å². The summed E-state index contributed by atoms with van der Waals surface area (Å²) in [5, 5.41) is 0. The van der Waals surface area contributed by atoms with E-state index in [0.717, 1.165) is 36.5 Å². The van der Waals surface area contributed by atoms with E-state index in [1.54, 1.807) is 0 Å². The van der Waals surface area contributed by atoms with Crippen LogP contribution in [0.1, 0.15) is 117 Å². The van der Waals surface area contributed by atoms with Gasteiger partial charge in [0.2, 0.25) is 0 Å². The lowest BCUT2D eigenvalue weighted by atomic mass is 9.44. The van der Waals surface area contributed by atoms with Crippen LogP contribution < -0.4 is 0 Å². The highest BCUT2D eigenvalue weighted by Crippen LogP contribution is 2.68. The quantitative estimate of drug-likeness (QED) is 0.273. The Bertz CT molecular complexity index is 587. The van der Waals surface area contributed by atoms with Gasteiger partial charge in [0, 0.05) is 6.42 Å². The lowest BCUT2D eigenvalue weighted by molar-refractivity contribution is -0.138. The Morgan fingerprint density at radius 3 is 2.41 bits per heavy atom. The molecule has 4 fully saturated rings. The van der Waals surface area contributed by atoms with Crippen molar-refractivity contribution in [2.75, 3.05) is 0 Å². The number of carbonyl (C=O) groups is 1. The summed E-state index contributed by atoms with van der Waals surface area (Å²) in [4.78, 5) is 12.5. The van der Waals surface area contributed by atoms with E-state index >= 15 is 0 Å². The van der Waals surface area contributed by atoms with Crippen LogP contribution in [0.4, 0.5) is 0 Å². The van der Waals surface area contributed by atoms with Crippen molar-refractivity contribution >= 4 is 21.7 Å². The monoisotopic (exact) mass is 464 g/mol. The predicted molar refractivity (Wildman–Crippen MR) is 126 cm³/mol. The molecular weight excluding hydrogens is 420 g/mol. The fourth-order valence-corrected chi connectivity index (χ4v) is 9.70. The third-order valence-electron chi connectivity index (χ3n) is 10.6. The SMILES string of the molecule is CCCCCCCC[C@H]1CC[C@H]2[C@@H]3CCC4CC(=O)[C@H](Br)C[C@]4(C)[C@H]3CC[C@]12C. The highest BCUT2D eigenvalue weighted by atomic mass is 79.9. The highest BCUT2D eigenvalue weighted by Gasteiger charge is 2.60. The molecule has 0 aromatic carbocycles. The van der Waals surface area contributed by atoms with Crippen molar-refractivity contribution in [3.63, 3.8) is 0 Å². The maximum absolute atomic E-state index is 12.4. The smallest absolute Gasteiger partial charge is 0.146 e. The standard InChI is InChI=1S/C27H45BrO/c1-4-5-6-7-8-9-10-19-12-14-22-21-13-11-20-17-25(29)24(28)18-27(20,3)23(21)15-16-26(19,22)2/h19-24H,4-18H2,1-3H3/t19-,20?,21-,22-,23-,24+,26+,27-/m0/s1. The molecule has 0 heterocycles. The molecule has 0 aliphatic heterocycles. The molecule has 29 heavy (non-hydrogen) atoms. The average Bonchev–Trinajstić information content (AvgIpc) is 3.02. The van der Waals surface area contributed by atoms with E-state index in [2.05, 4.69) is 36.7 Å². The zero-order chi connectivity index (χ0) is 20.6. The lowest BCUT2D eigenvalue weighted by Crippen LogP contribution is -2.55. The molecule has 0 aromatic heterocycles. The first-order valence-corrected chi connectivity index (χ1v) is 14.0. The van der Waals surface area contributed by atoms with Crippen LogP contribution in [0.15, 0.2) is 0 Å². The van der Waals surface area contributed by atoms with Gasteiger partial charge >= 0.3 is 0 Å². The molecule has 4 aliphatic rings. The van der Waals surface area contributed by atoms with Crippen LogP contribution >= 0.6 is 15.9 Å². The van der Waals surface area contributed by atoms with Crippen molar-refractivity contribution in [3.8, 4) is 0 Å². The summed E-state index contributed by atoms with van der Waals surface area (Å²) >= 11 is 3.75. The largest absolute Gasteiger partial charge is 0.298 e. The molecule has 0 radical (unpaired) electrons. The minimum absolute atomic E-state index is 0.125. The number of Topliss-reactive ketones (excluding diaryl/α,β-unsaturated/α-hetero) is 1. The summed E-state index contributed by atoms with van der Waals surface area (Å²) in [6, 6.07) is 0. The first-order chi connectivity index (χ1) is 13.9. The Morgan fingerprint density at radius 2 is 1.62 bits per heavy atom. The van der Waals surface area contributed by atoms with Crippen LogP contribution in [0.2, 0.25) is 0 Å². The molecule has 1 nitrogen and oxygen atoms in total. The maximum atomic E-state index is 12.4. The zero-order valence-corrected chi connectivity index (χ0v) is 20.9. The van der Waals surface area contributed by atoms with Gasteiger partial charge in [-0.05, 0) is 91.8 Å². The van der Waals surface area contributed by atoms with Gasteiger partial charge in [-0.3, -0.25) is 4.79 Å². The highest BCUT2D eigenvalue weighted by molar-refractivity contribution is 9.10. The summed E-state index contributed by atoms with van der Waals surface area (Å²) < 4.78 is 0. The Hall–Kier alpha value is 0.150. The number of ketones is 1. The summed E-state index contributed by atoms with van der Waals surface area (Å²) in [7, 11) is 0. The molecule has 4 saturated carbocycles. The number of halogens is 1. The number of rotatable bonds is 7. The Kier molecular flexibility index (Phi) is 6.90. The van der Waals surface area contributed by atoms with Gasteiger partial charge in [-0.15, -0.1) is 0 Å². The summed E-state index contributed by atoms with van der Waals surface area (Å²) in [6.45, 7) is 7.57. The van der Waals surface area contributed by atoms with Gasteiger partial charge in [0.1, 0.15) is 5.78 Å². The zero-order valence-electron chi connectivity index (χ0n) is 19.4. The summed E-state index contributed by atoms with van der Waals surface area (Å²) in [5.74, 6) is 4.91. The van der Waals surface area contributed by atoms with Crippen LogP contribution in [0.5, 0.6) is 0 Å². The van der Waals surface area contributed by atoms with Crippen LogP contribution in [-0.2, 0) is 4.79 Å². The van der Waals surface area contributed by atoms with E-state index in [-0.39, 0.29) is 4.83 Å². The molecule has 166 valence electrons. The third kappa shape index (κ3) is 4.03. The minimum atomic E-state index is 0.125. The molecule has 8 atom stereocenters. The Labute approximate surface area is 188 Å². The van der Waals surface area contributed by atoms with Gasteiger partial charge in [-0.25, -0.2) is 0 Å². The van der Waals surface area contributed by atoms with E-state index < -0.39 is 0 Å². The molecule has 0 saturated heterocycles. The minimum Gasteiger partial charge on any atom is -0.298 e. The Morgan fingerprint density at radius 1 is 0.897 bits per heavy atom. The van der Waals surface area contributed by atoms with Gasteiger partial charge in [-0.1, -0.05) is 75.2 Å². The molecule has 0 bridgehead atoms. The fourth-order valence-electron chi connectivity index (χ4n) is 8.81. The normalized spacial score (nSPS) is 46.8. The number of hydrogen-bond acceptors (Lipinski definition) is 1. The fraction of sp³-hybridized carbons (Fsp3) is 0.963. The predicted octanol–water partition coefficient (Wildman–Crippen LogP) is 8.34. The summed E-state index contributed by atoms with van der Waals surface area (Å²) in [5.41, 5.74) is 1.02. The van der Waals surface area contributed by atoms with Gasteiger partial charge in [0.15, 0.2) is 0 Å². The van der Waals surface area contributed by atoms with Crippen molar-refractivity contribution < 1.29 is 4.79 Å². The molecule has 0 aromatic rings. The molecule has 1 unspecified atom stereocenters. The number of carbonyl (C=O) groups excluding carboxylic acids is 1. The van der Waals surface area contributed by atoms with E-state index in [9.17, 15) is 4.79 Å². The van der Waals surface area contributed by atoms with E-state index in [0.29, 0.717) is 22.5 Å². The second-order valence-corrected chi connectivity index (χ2v) is 13.0. The second-order valence-electron chi connectivity index (χ2n) is 11.9. The average molecular weight is 466 g/mol. The van der Waals surface area contributed by atoms with Crippen LogP contribution in [0.3, 0.4) is 0 Å². The molecule has 2 heteroatoms. The molecule has 0 amide bonds. The van der Waals surface area contributed by atoms with E-state index in [1.807, 2.05) is 0 Å². The molecule has 4 rings (SSSR count). The number of hydrogen-bond donors (Lipinski definition) is 0. The van der Waals surface area contributed by atoms with Crippen LogP contribution in [0.25, 0.3) is 0 Å². The van der Waals surface area contributed by atoms with E-state index in [4.69, 9.17) is 0 Å². The van der Waals surface area contributed by atoms with Crippen molar-refractivity contribution in [3.05, 3.63) is 0 Å². The van der Waals surface area contributed by atoms with Gasteiger partial charge in [0.05, 0.1) is 4.83 Å². The second kappa shape index (κ2) is 8.95. The lowest BCUT2D eigenvalue weighted by Gasteiger charge is -2.60. The number of unbranched alkanes of at least 4 members (excludes halogenated alkanes) is 5. The molecule has 0 spiro atoms. The number of alkyl halides is 1. The van der Waals surface area contributed by atoms with Crippen molar-refractivity contribution in [2.24, 2.45) is 40.4 Å². The molecule has 0 N–H and O–H groups in total. The molecule has 4 aliphatic carbocycles. The topological polar surface area (TPSA) is 17.1 Å². The molecular formula is C27H45BrO. The van der Waals surface area contributed by atoms with Crippen molar-refractivity contribution in [2.45, 2.75) is 122 Å². The Balaban J connectivity index is 1.39. The van der Waals surface area contributed by atoms with Crippen LogP contribution in [-0.4, -0.2) is 10.6 Å². The maximum Gasteiger partial charge on any atom is 0.146 e. The van der Waals surface area contributed by atoms with Crippen molar-refractivity contribution in [1.82, 2.24) is 0 Å². The summed E-state index contributed by atoms with van der Waals surface area (Å²) in [6.07, 6.45) is 20.7. The third-order valence-corrected chi connectivity index (χ3v) is 11.4.